The molecule has 8 nitrogen and oxygen atoms in total. The summed E-state index contributed by atoms with van der Waals surface area (Å²) in [6.45, 7) is 4.48. The van der Waals surface area contributed by atoms with Gasteiger partial charge in [-0.15, -0.1) is 0 Å². The Morgan fingerprint density at radius 1 is 0.943 bits per heavy atom. The first kappa shape index (κ1) is 22.5. The zero-order chi connectivity index (χ0) is 24.4. The number of benzene rings is 3. The lowest BCUT2D eigenvalue weighted by molar-refractivity contribution is 0.431. The van der Waals surface area contributed by atoms with E-state index >= 15 is 0 Å². The van der Waals surface area contributed by atoms with Crippen LogP contribution >= 0.6 is 0 Å². The molecule has 0 fully saturated rings. The third-order valence-corrected chi connectivity index (χ3v) is 6.85. The highest BCUT2D eigenvalue weighted by Gasteiger charge is 2.15. The minimum absolute atomic E-state index is 0.227. The number of nitrogens with zero attached hydrogens (tertiary/aromatic N) is 4. The van der Waals surface area contributed by atoms with E-state index in [-0.39, 0.29) is 4.90 Å². The van der Waals surface area contributed by atoms with Gasteiger partial charge in [-0.1, -0.05) is 58.7 Å². The third-order valence-electron chi connectivity index (χ3n) is 5.46. The van der Waals surface area contributed by atoms with Crippen molar-refractivity contribution in [1.82, 2.24) is 19.7 Å². The fourth-order valence-corrected chi connectivity index (χ4v) is 4.67. The van der Waals surface area contributed by atoms with Crippen molar-refractivity contribution < 1.29 is 12.9 Å². The molecule has 0 amide bonds. The minimum Gasteiger partial charge on any atom is -0.332 e. The Hall–Kier alpha value is -4.24. The van der Waals surface area contributed by atoms with Gasteiger partial charge in [0.05, 0.1) is 11.2 Å². The Morgan fingerprint density at radius 2 is 1.71 bits per heavy atom. The van der Waals surface area contributed by atoms with Gasteiger partial charge in [0.1, 0.15) is 5.69 Å². The van der Waals surface area contributed by atoms with E-state index in [2.05, 4.69) is 19.8 Å². The molecule has 3 aromatic carbocycles. The number of sulfonamides is 1. The minimum atomic E-state index is -3.64. The molecular formula is C26H23N5O3S. The number of rotatable bonds is 7. The molecule has 0 saturated carbocycles. The highest BCUT2D eigenvalue weighted by atomic mass is 32.2. The summed E-state index contributed by atoms with van der Waals surface area (Å²) in [5.74, 6) is 0.864. The molecule has 2 heterocycles. The van der Waals surface area contributed by atoms with Crippen LogP contribution in [0, 0.1) is 13.8 Å². The van der Waals surface area contributed by atoms with Crippen LogP contribution in [0.4, 0.5) is 5.69 Å². The predicted molar refractivity (Wildman–Crippen MR) is 133 cm³/mol. The number of aryl methyl sites for hydroxylation is 2. The molecule has 0 spiro atoms. The van der Waals surface area contributed by atoms with E-state index in [1.165, 1.54) is 0 Å². The molecule has 0 saturated heterocycles. The van der Waals surface area contributed by atoms with Crippen molar-refractivity contribution in [2.24, 2.45) is 0 Å². The van der Waals surface area contributed by atoms with Crippen LogP contribution in [0.25, 0.3) is 23.0 Å². The second-order valence-electron chi connectivity index (χ2n) is 8.34. The second-order valence-corrected chi connectivity index (χ2v) is 10.0. The zero-order valence-corrected chi connectivity index (χ0v) is 20.0. The van der Waals surface area contributed by atoms with E-state index in [4.69, 9.17) is 4.52 Å². The number of aromatic nitrogens is 4. The summed E-state index contributed by atoms with van der Waals surface area (Å²) >= 11 is 0. The molecule has 0 radical (unpaired) electrons. The predicted octanol–water partition coefficient (Wildman–Crippen LogP) is 5.07. The Morgan fingerprint density at radius 3 is 2.46 bits per heavy atom. The van der Waals surface area contributed by atoms with Crippen molar-refractivity contribution in [2.45, 2.75) is 25.3 Å². The second kappa shape index (κ2) is 9.19. The summed E-state index contributed by atoms with van der Waals surface area (Å²) in [5, 5.41) is 4.07. The van der Waals surface area contributed by atoms with Crippen LogP contribution in [0.15, 0.2) is 94.7 Å². The highest BCUT2D eigenvalue weighted by molar-refractivity contribution is 7.92. The van der Waals surface area contributed by atoms with Crippen LogP contribution in [0.5, 0.6) is 0 Å². The number of anilines is 1. The van der Waals surface area contributed by atoms with E-state index in [9.17, 15) is 8.42 Å². The van der Waals surface area contributed by atoms with Crippen molar-refractivity contribution in [3.8, 4) is 23.0 Å². The first-order valence-electron chi connectivity index (χ1n) is 11.0. The molecule has 176 valence electrons. The monoisotopic (exact) mass is 485 g/mol. The molecule has 1 N–H and O–H groups in total. The molecule has 0 bridgehead atoms. The largest absolute Gasteiger partial charge is 0.332 e. The first-order valence-corrected chi connectivity index (χ1v) is 12.5. The molecular weight excluding hydrogens is 462 g/mol. The summed E-state index contributed by atoms with van der Waals surface area (Å²) in [6, 6.07) is 21.9. The molecule has 0 unspecified atom stereocenters. The van der Waals surface area contributed by atoms with Crippen LogP contribution in [0.3, 0.4) is 0 Å². The average Bonchev–Trinajstić information content (AvgIpc) is 3.50. The van der Waals surface area contributed by atoms with E-state index in [0.717, 1.165) is 22.3 Å². The van der Waals surface area contributed by atoms with E-state index in [0.29, 0.717) is 29.6 Å². The maximum absolute atomic E-state index is 12.6. The van der Waals surface area contributed by atoms with Crippen molar-refractivity contribution in [2.75, 3.05) is 4.72 Å². The lowest BCUT2D eigenvalue weighted by Gasteiger charge is -2.09. The van der Waals surface area contributed by atoms with Crippen LogP contribution in [-0.2, 0) is 16.6 Å². The fourth-order valence-electron chi connectivity index (χ4n) is 3.61. The van der Waals surface area contributed by atoms with Crippen molar-refractivity contribution in [3.63, 3.8) is 0 Å². The highest BCUT2D eigenvalue weighted by Crippen LogP contribution is 2.22. The van der Waals surface area contributed by atoms with Gasteiger partial charge in [0.25, 0.3) is 15.9 Å². The summed E-state index contributed by atoms with van der Waals surface area (Å²) < 4.78 is 35.1. The quantitative estimate of drug-likeness (QED) is 0.345. The zero-order valence-electron chi connectivity index (χ0n) is 19.2. The topological polar surface area (TPSA) is 103 Å². The van der Waals surface area contributed by atoms with Gasteiger partial charge in [0.15, 0.2) is 0 Å². The van der Waals surface area contributed by atoms with Gasteiger partial charge in [-0.2, -0.15) is 4.98 Å². The summed E-state index contributed by atoms with van der Waals surface area (Å²) in [5.41, 5.74) is 5.07. The molecule has 0 aliphatic rings. The smallest absolute Gasteiger partial charge is 0.278 e. The van der Waals surface area contributed by atoms with Crippen molar-refractivity contribution in [1.29, 1.82) is 0 Å². The van der Waals surface area contributed by atoms with Crippen LogP contribution in [0.1, 0.15) is 16.7 Å². The molecule has 0 atom stereocenters. The van der Waals surface area contributed by atoms with E-state index < -0.39 is 10.0 Å². The average molecular weight is 486 g/mol. The number of imidazole rings is 1. The Kier molecular flexibility index (Phi) is 5.92. The van der Waals surface area contributed by atoms with E-state index in [1.54, 1.807) is 42.7 Å². The lowest BCUT2D eigenvalue weighted by atomic mass is 10.1. The summed E-state index contributed by atoms with van der Waals surface area (Å²) in [6.07, 6.45) is 3.53. The molecule has 0 aliphatic carbocycles. The lowest BCUT2D eigenvalue weighted by Crippen LogP contribution is -2.12. The van der Waals surface area contributed by atoms with Gasteiger partial charge in [0, 0.05) is 24.0 Å². The van der Waals surface area contributed by atoms with Gasteiger partial charge in [0.2, 0.25) is 5.82 Å². The Balaban J connectivity index is 1.26. The fraction of sp³-hybridized carbons (Fsp3) is 0.115. The van der Waals surface area contributed by atoms with Gasteiger partial charge >= 0.3 is 0 Å². The van der Waals surface area contributed by atoms with Gasteiger partial charge < -0.3 is 9.09 Å². The maximum atomic E-state index is 12.6. The van der Waals surface area contributed by atoms with Crippen molar-refractivity contribution in [3.05, 3.63) is 102 Å². The molecule has 0 aliphatic heterocycles. The maximum Gasteiger partial charge on any atom is 0.278 e. The van der Waals surface area contributed by atoms with Gasteiger partial charge in [-0.3, -0.25) is 4.72 Å². The molecule has 35 heavy (non-hydrogen) atoms. The number of hydrogen-bond donors (Lipinski definition) is 1. The standard InChI is InChI=1S/C26H23N5O3S/c1-18-6-12-23(13-7-18)35(32,33)30-22-10-8-20(9-11-22)15-31-16-24(27-17-31)26-28-25(29-34-26)21-5-3-4-19(2)14-21/h3-14,16-17,30H,15H2,1-2H3. The first-order chi connectivity index (χ1) is 16.9. The van der Waals surface area contributed by atoms with Crippen LogP contribution in [0.2, 0.25) is 0 Å². The molecule has 2 aromatic heterocycles. The molecule has 5 rings (SSSR count). The number of hydrogen-bond acceptors (Lipinski definition) is 6. The number of nitrogens with one attached hydrogen (secondary N) is 1. The van der Waals surface area contributed by atoms with Crippen molar-refractivity contribution >= 4 is 15.7 Å². The van der Waals surface area contributed by atoms with Crippen LogP contribution < -0.4 is 4.72 Å². The molecule has 9 heteroatoms. The van der Waals surface area contributed by atoms with E-state index in [1.807, 2.05) is 61.0 Å². The third kappa shape index (κ3) is 5.15. The summed E-state index contributed by atoms with van der Waals surface area (Å²) in [4.78, 5) is 9.08. The van der Waals surface area contributed by atoms with Crippen LogP contribution in [-0.4, -0.2) is 28.1 Å². The Bertz CT molecular complexity index is 1570. The normalized spacial score (nSPS) is 11.5. The summed E-state index contributed by atoms with van der Waals surface area (Å²) in [7, 11) is -3.64. The van der Waals surface area contributed by atoms with Gasteiger partial charge in [-0.25, -0.2) is 13.4 Å². The van der Waals surface area contributed by atoms with Gasteiger partial charge in [-0.05, 0) is 49.7 Å². The SMILES string of the molecule is Cc1ccc(S(=O)(=O)Nc2ccc(Cn3cnc(-c4nc(-c5cccc(C)c5)no4)c3)cc2)cc1. The molecule has 5 aromatic rings. The Labute approximate surface area is 203 Å².